The molecule has 1 rings (SSSR count). The van der Waals surface area contributed by atoms with Gasteiger partial charge < -0.3 is 4.89 Å². The minimum atomic E-state index is -4.60. The maximum Gasteiger partial charge on any atom is 0.617 e. The average Bonchev–Trinajstić information content (AvgIpc) is 2.21. The van der Waals surface area contributed by atoms with Gasteiger partial charge in [-0.2, -0.15) is 0 Å². The van der Waals surface area contributed by atoms with Crippen LogP contribution in [0.15, 0.2) is 0 Å². The Morgan fingerprint density at radius 1 is 1.00 bits per heavy atom. The van der Waals surface area contributed by atoms with Crippen molar-refractivity contribution in [2.24, 2.45) is 0 Å². The van der Waals surface area contributed by atoms with Crippen molar-refractivity contribution in [1.29, 1.82) is 0 Å². The van der Waals surface area contributed by atoms with Crippen molar-refractivity contribution in [1.82, 2.24) is 4.86 Å². The zero-order valence-electron chi connectivity index (χ0n) is 8.00. The van der Waals surface area contributed by atoms with Crippen molar-refractivity contribution in [3.63, 3.8) is 0 Å². The lowest BCUT2D eigenvalue weighted by Crippen LogP contribution is -2.25. The smallest absolute Gasteiger partial charge is 0.348 e. The fourth-order valence-electron chi connectivity index (χ4n) is 1.03. The summed E-state index contributed by atoms with van der Waals surface area (Å²) >= 11 is 4.20. The van der Waals surface area contributed by atoms with Crippen LogP contribution in [-0.2, 0) is 16.4 Å². The molecule has 0 bridgehead atoms. The molecule has 0 aliphatic carbocycles. The van der Waals surface area contributed by atoms with Gasteiger partial charge in [0.15, 0.2) is 23.3 Å². The van der Waals surface area contributed by atoms with Crippen LogP contribution in [0.3, 0.4) is 0 Å². The van der Waals surface area contributed by atoms with Crippen LogP contribution < -0.4 is 10.2 Å². The minimum absolute atomic E-state index is 1.30. The third-order valence-electron chi connectivity index (χ3n) is 1.71. The Bertz CT molecular complexity index is 554. The summed E-state index contributed by atoms with van der Waals surface area (Å²) in [5, 5.41) is -1.72. The lowest BCUT2D eigenvalue weighted by Gasteiger charge is -2.13. The first-order valence-electron chi connectivity index (χ1n) is 3.88. The first-order chi connectivity index (χ1) is 8.09. The Balaban J connectivity index is 3.61. The van der Waals surface area contributed by atoms with Gasteiger partial charge in [-0.15, -0.1) is 4.89 Å². The molecule has 0 radical (unpaired) electrons. The van der Waals surface area contributed by atoms with Gasteiger partial charge in [0.25, 0.3) is 0 Å². The van der Waals surface area contributed by atoms with E-state index in [9.17, 15) is 31.4 Å². The molecule has 0 heterocycles. The summed E-state index contributed by atoms with van der Waals surface area (Å²) in [4.78, 5) is 19.1. The SMILES string of the molecule is O=[P+](O)NP(O)(=S)c1c(F)c(F)c(F)c(F)c1F. The van der Waals surface area contributed by atoms with Crippen molar-refractivity contribution in [2.75, 3.05) is 0 Å². The summed E-state index contributed by atoms with van der Waals surface area (Å²) in [5.74, 6) is -11.7. The maximum atomic E-state index is 13.2. The molecule has 18 heavy (non-hydrogen) atoms. The summed E-state index contributed by atoms with van der Waals surface area (Å²) in [6.07, 6.45) is -4.60. The molecule has 100 valence electrons. The number of nitrogens with one attached hydrogen (secondary N) is 1. The zero-order chi connectivity index (χ0) is 14.2. The molecule has 2 atom stereocenters. The van der Waals surface area contributed by atoms with Crippen LogP contribution in [0.4, 0.5) is 22.0 Å². The summed E-state index contributed by atoms with van der Waals surface area (Å²) in [5.41, 5.74) is 0. The highest BCUT2D eigenvalue weighted by atomic mass is 32.4. The molecule has 4 nitrogen and oxygen atoms in total. The van der Waals surface area contributed by atoms with Gasteiger partial charge >= 0.3 is 8.18 Å². The molecule has 12 heteroatoms. The number of hydrogen-bond acceptors (Lipinski definition) is 2. The highest BCUT2D eigenvalue weighted by Crippen LogP contribution is 2.42. The molecular weight excluding hydrogens is 323 g/mol. The van der Waals surface area contributed by atoms with Gasteiger partial charge in [-0.3, -0.25) is 0 Å². The van der Waals surface area contributed by atoms with E-state index in [1.807, 2.05) is 0 Å². The first kappa shape index (κ1) is 15.6. The van der Waals surface area contributed by atoms with E-state index in [0.29, 0.717) is 0 Å². The van der Waals surface area contributed by atoms with Crippen molar-refractivity contribution in [3.8, 4) is 0 Å². The number of halogens is 5. The number of hydrogen-bond donors (Lipinski definition) is 3. The van der Waals surface area contributed by atoms with Crippen LogP contribution in [0.2, 0.25) is 0 Å². The predicted molar refractivity (Wildman–Crippen MR) is 55.3 cm³/mol. The maximum absolute atomic E-state index is 13.2. The van der Waals surface area contributed by atoms with Gasteiger partial charge in [-0.05, 0) is 21.2 Å². The molecule has 0 aromatic heterocycles. The van der Waals surface area contributed by atoms with Gasteiger partial charge in [0.05, 0.1) is 0 Å². The van der Waals surface area contributed by atoms with Crippen LogP contribution in [0.1, 0.15) is 0 Å². The molecular formula is C6H3F5NO3P2S+. The minimum Gasteiger partial charge on any atom is -0.348 e. The van der Waals surface area contributed by atoms with Gasteiger partial charge in [-0.1, -0.05) is 0 Å². The van der Waals surface area contributed by atoms with Gasteiger partial charge in [0, 0.05) is 0 Å². The second-order valence-corrected chi connectivity index (χ2v) is 7.40. The van der Waals surface area contributed by atoms with Gasteiger partial charge in [-0.25, -0.2) is 22.0 Å². The lowest BCUT2D eigenvalue weighted by molar-refractivity contribution is 0.383. The van der Waals surface area contributed by atoms with Crippen LogP contribution >= 0.6 is 14.6 Å². The van der Waals surface area contributed by atoms with Gasteiger partial charge in [0.1, 0.15) is 5.30 Å². The van der Waals surface area contributed by atoms with Crippen LogP contribution in [0, 0.1) is 29.1 Å². The Morgan fingerprint density at radius 2 is 1.33 bits per heavy atom. The average molecular weight is 326 g/mol. The van der Waals surface area contributed by atoms with E-state index in [1.54, 1.807) is 0 Å². The molecule has 0 saturated heterocycles. The molecule has 0 saturated carbocycles. The van der Waals surface area contributed by atoms with Crippen molar-refractivity contribution in [2.45, 2.75) is 0 Å². The predicted octanol–water partition coefficient (Wildman–Crippen LogP) is 1.55. The van der Waals surface area contributed by atoms with Crippen LogP contribution in [-0.4, -0.2) is 9.79 Å². The fraction of sp³-hybridized carbons (Fsp3) is 0. The fourth-order valence-corrected chi connectivity index (χ4v) is 4.19. The molecule has 0 aliphatic rings. The number of rotatable bonds is 3. The Morgan fingerprint density at radius 3 is 1.67 bits per heavy atom. The normalized spacial score (nSPS) is 15.4. The second kappa shape index (κ2) is 5.24. The van der Waals surface area contributed by atoms with E-state index < -0.39 is 49.0 Å². The Kier molecular flexibility index (Phi) is 4.53. The Hall–Kier alpha value is -0.500. The quantitative estimate of drug-likeness (QED) is 0.340. The monoisotopic (exact) mass is 326 g/mol. The van der Waals surface area contributed by atoms with E-state index in [1.165, 1.54) is 4.86 Å². The summed E-state index contributed by atoms with van der Waals surface area (Å²) in [7, 11) is -3.34. The first-order valence-corrected chi connectivity index (χ1v) is 7.85. The summed E-state index contributed by atoms with van der Waals surface area (Å²) in [6, 6.07) is 0. The van der Waals surface area contributed by atoms with Gasteiger partial charge in [0.2, 0.25) is 12.2 Å². The van der Waals surface area contributed by atoms with E-state index in [-0.39, 0.29) is 0 Å². The highest BCUT2D eigenvalue weighted by molar-refractivity contribution is 8.15. The highest BCUT2D eigenvalue weighted by Gasteiger charge is 2.37. The van der Waals surface area contributed by atoms with E-state index in [0.717, 1.165) is 0 Å². The molecule has 2 unspecified atom stereocenters. The molecule has 3 N–H and O–H groups in total. The summed E-state index contributed by atoms with van der Waals surface area (Å²) < 4.78 is 75.1. The molecule has 1 aromatic carbocycles. The molecule has 0 spiro atoms. The third-order valence-corrected chi connectivity index (χ3v) is 5.76. The molecule has 0 fully saturated rings. The van der Waals surface area contributed by atoms with Crippen molar-refractivity contribution in [3.05, 3.63) is 29.1 Å². The van der Waals surface area contributed by atoms with E-state index in [4.69, 9.17) is 4.89 Å². The topological polar surface area (TPSA) is 69.6 Å². The van der Waals surface area contributed by atoms with Crippen molar-refractivity contribution < 1.29 is 36.3 Å². The zero-order valence-corrected chi connectivity index (χ0v) is 10.6. The number of benzene rings is 1. The second-order valence-electron chi connectivity index (χ2n) is 2.87. The van der Waals surface area contributed by atoms with E-state index in [2.05, 4.69) is 11.8 Å². The van der Waals surface area contributed by atoms with Crippen LogP contribution in [0.5, 0.6) is 0 Å². The molecule has 0 aliphatic heterocycles. The molecule has 1 aromatic rings. The third kappa shape index (κ3) is 2.74. The van der Waals surface area contributed by atoms with Crippen molar-refractivity contribution >= 4 is 31.7 Å². The lowest BCUT2D eigenvalue weighted by atomic mass is 10.3. The largest absolute Gasteiger partial charge is 0.617 e. The van der Waals surface area contributed by atoms with Crippen LogP contribution in [0.25, 0.3) is 0 Å². The standard InChI is InChI=1S/C6H2F5NO3P2S/c7-1-2(8)4(10)6(5(11)3(1)9)17(15,18)12-16(13)14/h(H2-,12,13,14,15,18)/p+1. The molecule has 0 amide bonds. The summed E-state index contributed by atoms with van der Waals surface area (Å²) in [6.45, 7) is 0. The Labute approximate surface area is 103 Å². The van der Waals surface area contributed by atoms with E-state index >= 15 is 0 Å².